The van der Waals surface area contributed by atoms with Gasteiger partial charge in [-0.2, -0.15) is 9.36 Å². The van der Waals surface area contributed by atoms with Crippen molar-refractivity contribution in [3.8, 4) is 0 Å². The average molecular weight is 438 g/mol. The molecule has 2 aliphatic rings. The molecular formula is C21H22N6O5. The minimum absolute atomic E-state index is 0.00863. The van der Waals surface area contributed by atoms with Crippen LogP contribution in [0.4, 0.5) is 5.69 Å². The van der Waals surface area contributed by atoms with Crippen LogP contribution in [0.3, 0.4) is 0 Å². The van der Waals surface area contributed by atoms with E-state index >= 15 is 0 Å². The van der Waals surface area contributed by atoms with Gasteiger partial charge in [0.2, 0.25) is 0 Å². The zero-order chi connectivity index (χ0) is 22.2. The number of hydrogen-bond acceptors (Lipinski definition) is 8. The number of nitro benzene ring substituents is 1. The van der Waals surface area contributed by atoms with Gasteiger partial charge in [0, 0.05) is 23.6 Å². The zero-order valence-electron chi connectivity index (χ0n) is 17.3. The maximum absolute atomic E-state index is 13.3. The Morgan fingerprint density at radius 3 is 2.62 bits per heavy atom. The summed E-state index contributed by atoms with van der Waals surface area (Å²) in [5, 5.41) is 23.1. The van der Waals surface area contributed by atoms with Crippen LogP contribution in [0, 0.1) is 10.1 Å². The third kappa shape index (κ3) is 3.74. The maximum atomic E-state index is 13.3. The van der Waals surface area contributed by atoms with E-state index in [4.69, 9.17) is 4.52 Å². The molecule has 0 aliphatic heterocycles. The summed E-state index contributed by atoms with van der Waals surface area (Å²) in [5.41, 5.74) is 0.369. The summed E-state index contributed by atoms with van der Waals surface area (Å²) in [6.45, 7) is -0.0989. The molecule has 11 heteroatoms. The van der Waals surface area contributed by atoms with Crippen molar-refractivity contribution in [2.24, 2.45) is 0 Å². The summed E-state index contributed by atoms with van der Waals surface area (Å²) in [4.78, 5) is 37.0. The molecule has 2 fully saturated rings. The number of carbonyl (C=O) groups is 1. The Morgan fingerprint density at radius 2 is 1.91 bits per heavy atom. The highest BCUT2D eigenvalue weighted by molar-refractivity contribution is 6.10. The minimum Gasteiger partial charge on any atom is -0.360 e. The van der Waals surface area contributed by atoms with Crippen LogP contribution >= 0.6 is 0 Å². The number of nitrogens with zero attached hydrogens (tertiary/aromatic N) is 6. The number of rotatable bonds is 7. The number of non-ortho nitro benzene ring substituents is 1. The largest absolute Gasteiger partial charge is 0.364 e. The lowest BCUT2D eigenvalue weighted by molar-refractivity contribution is -0.384. The van der Waals surface area contributed by atoms with Gasteiger partial charge in [0.1, 0.15) is 0 Å². The van der Waals surface area contributed by atoms with Crippen LogP contribution in [0.25, 0.3) is 0 Å². The monoisotopic (exact) mass is 438 g/mol. The molecule has 2 heterocycles. The molecule has 2 aromatic heterocycles. The van der Waals surface area contributed by atoms with E-state index in [-0.39, 0.29) is 41.2 Å². The van der Waals surface area contributed by atoms with Crippen LogP contribution in [0.15, 0.2) is 33.7 Å². The molecule has 0 unspecified atom stereocenters. The van der Waals surface area contributed by atoms with Gasteiger partial charge in [-0.3, -0.25) is 14.9 Å². The average Bonchev–Trinajstić information content (AvgIpc) is 3.42. The minimum atomic E-state index is -0.533. The molecule has 11 nitrogen and oxygen atoms in total. The highest BCUT2D eigenvalue weighted by Gasteiger charge is 2.33. The number of tetrazole rings is 1. The van der Waals surface area contributed by atoms with Gasteiger partial charge in [-0.15, -0.1) is 0 Å². The smallest absolute Gasteiger partial charge is 0.360 e. The molecule has 2 aliphatic carbocycles. The summed E-state index contributed by atoms with van der Waals surface area (Å²) < 4.78 is 7.83. The Bertz CT molecular complexity index is 1230. The zero-order valence-corrected chi connectivity index (χ0v) is 17.3. The molecule has 0 atom stereocenters. The Morgan fingerprint density at radius 1 is 1.12 bits per heavy atom. The SMILES string of the molecule is O=C(c1ccc([N+](=O)[O-])cc1Cn1nnn(C2CCCCC2)c1=O)c1cnoc1C1CC1. The molecule has 166 valence electrons. The molecule has 32 heavy (non-hydrogen) atoms. The van der Waals surface area contributed by atoms with E-state index in [0.29, 0.717) is 16.9 Å². The van der Waals surface area contributed by atoms with Gasteiger partial charge in [0.25, 0.3) is 5.69 Å². The summed E-state index contributed by atoms with van der Waals surface area (Å²) >= 11 is 0. The van der Waals surface area contributed by atoms with Crippen LogP contribution in [-0.2, 0) is 6.54 Å². The molecule has 2 saturated carbocycles. The Labute approximate surface area is 182 Å². The first-order valence-electron chi connectivity index (χ1n) is 10.8. The van der Waals surface area contributed by atoms with Gasteiger partial charge >= 0.3 is 5.69 Å². The molecule has 0 saturated heterocycles. The fourth-order valence-electron chi connectivity index (χ4n) is 4.35. The van der Waals surface area contributed by atoms with Crippen molar-refractivity contribution in [3.63, 3.8) is 0 Å². The summed E-state index contributed by atoms with van der Waals surface area (Å²) in [5.74, 6) is 0.376. The quantitative estimate of drug-likeness (QED) is 0.312. The van der Waals surface area contributed by atoms with Gasteiger partial charge in [-0.25, -0.2) is 4.79 Å². The van der Waals surface area contributed by atoms with Crippen molar-refractivity contribution < 1.29 is 14.2 Å². The van der Waals surface area contributed by atoms with Crippen LogP contribution in [0.2, 0.25) is 0 Å². The van der Waals surface area contributed by atoms with E-state index < -0.39 is 4.92 Å². The number of benzene rings is 1. The van der Waals surface area contributed by atoms with Gasteiger partial charge in [-0.05, 0) is 47.7 Å². The predicted octanol–water partition coefficient (Wildman–Crippen LogP) is 3.00. The molecule has 1 aromatic carbocycles. The standard InChI is InChI=1S/C21H22N6O5/c28-19(18-11-22-32-20(18)13-6-7-13)17-9-8-16(27(30)31)10-14(17)12-25-21(29)26(24-23-25)15-4-2-1-3-5-15/h8-11,13,15H,1-7,12H2. The van der Waals surface area contributed by atoms with Crippen molar-refractivity contribution in [1.82, 2.24) is 24.9 Å². The van der Waals surface area contributed by atoms with Crippen molar-refractivity contribution in [2.75, 3.05) is 0 Å². The molecule has 0 radical (unpaired) electrons. The molecule has 5 rings (SSSR count). The van der Waals surface area contributed by atoms with E-state index in [1.54, 1.807) is 0 Å². The van der Waals surface area contributed by atoms with Crippen molar-refractivity contribution in [1.29, 1.82) is 0 Å². The second-order valence-electron chi connectivity index (χ2n) is 8.46. The third-order valence-corrected chi connectivity index (χ3v) is 6.24. The Kier molecular flexibility index (Phi) is 5.16. The highest BCUT2D eigenvalue weighted by Crippen LogP contribution is 2.42. The van der Waals surface area contributed by atoms with Crippen LogP contribution < -0.4 is 5.69 Å². The first-order chi connectivity index (χ1) is 15.5. The summed E-state index contributed by atoms with van der Waals surface area (Å²) in [6, 6.07) is 4.01. The molecule has 0 spiro atoms. The second-order valence-corrected chi connectivity index (χ2v) is 8.46. The van der Waals surface area contributed by atoms with Crippen molar-refractivity contribution in [2.45, 2.75) is 63.5 Å². The lowest BCUT2D eigenvalue weighted by atomic mass is 9.96. The summed E-state index contributed by atoms with van der Waals surface area (Å²) in [6.07, 6.45) is 8.21. The third-order valence-electron chi connectivity index (χ3n) is 6.24. The molecule has 0 amide bonds. The fraction of sp³-hybridized carbons (Fsp3) is 0.476. The molecular weight excluding hydrogens is 416 g/mol. The molecule has 3 aromatic rings. The van der Waals surface area contributed by atoms with E-state index in [1.807, 2.05) is 0 Å². The van der Waals surface area contributed by atoms with E-state index in [0.717, 1.165) is 49.6 Å². The molecule has 0 bridgehead atoms. The van der Waals surface area contributed by atoms with Gasteiger partial charge in [0.05, 0.1) is 29.3 Å². The van der Waals surface area contributed by atoms with Gasteiger partial charge in [0.15, 0.2) is 11.5 Å². The van der Waals surface area contributed by atoms with Crippen molar-refractivity contribution >= 4 is 11.5 Å². The highest BCUT2D eigenvalue weighted by atomic mass is 16.6. The second kappa shape index (κ2) is 8.13. The number of ketones is 1. The normalized spacial score (nSPS) is 16.9. The van der Waals surface area contributed by atoms with Gasteiger partial charge < -0.3 is 4.52 Å². The fourth-order valence-corrected chi connectivity index (χ4v) is 4.35. The first-order valence-corrected chi connectivity index (χ1v) is 10.8. The maximum Gasteiger partial charge on any atom is 0.364 e. The van der Waals surface area contributed by atoms with E-state index in [2.05, 4.69) is 15.6 Å². The molecule has 0 N–H and O–H groups in total. The van der Waals surface area contributed by atoms with Gasteiger partial charge in [-0.1, -0.05) is 24.4 Å². The van der Waals surface area contributed by atoms with E-state index in [9.17, 15) is 19.7 Å². The Hall–Kier alpha value is -3.63. The lowest BCUT2D eigenvalue weighted by Gasteiger charge is -2.19. The van der Waals surface area contributed by atoms with E-state index in [1.165, 1.54) is 29.1 Å². The first kappa shape index (κ1) is 20.3. The Balaban J connectivity index is 1.50. The number of aromatic nitrogens is 5. The number of carbonyl (C=O) groups excluding carboxylic acids is 1. The van der Waals surface area contributed by atoms with Crippen molar-refractivity contribution in [3.05, 3.63) is 67.4 Å². The topological polar surface area (TPSA) is 139 Å². The number of nitro groups is 1. The van der Waals surface area contributed by atoms with Crippen LogP contribution in [0.5, 0.6) is 0 Å². The number of hydrogen-bond donors (Lipinski definition) is 0. The van der Waals surface area contributed by atoms with Crippen LogP contribution in [0.1, 0.15) is 84.2 Å². The summed E-state index contributed by atoms with van der Waals surface area (Å²) in [7, 11) is 0. The predicted molar refractivity (Wildman–Crippen MR) is 111 cm³/mol. The lowest BCUT2D eigenvalue weighted by Crippen LogP contribution is -2.30. The van der Waals surface area contributed by atoms with Crippen LogP contribution in [-0.4, -0.2) is 35.7 Å².